The summed E-state index contributed by atoms with van der Waals surface area (Å²) in [6, 6.07) is 3.77. The first-order valence-electron chi connectivity index (χ1n) is 5.52. The fraction of sp³-hybridized carbons (Fsp3) is 0.538. The number of aryl methyl sites for hydroxylation is 1. The Morgan fingerprint density at radius 2 is 2.00 bits per heavy atom. The van der Waals surface area contributed by atoms with Gasteiger partial charge in [0.2, 0.25) is 0 Å². The third-order valence-electron chi connectivity index (χ3n) is 3.13. The molecule has 1 aromatic rings. The predicted molar refractivity (Wildman–Crippen MR) is 72.3 cm³/mol. The van der Waals surface area contributed by atoms with Crippen LogP contribution in [0.3, 0.4) is 0 Å². The smallest absolute Gasteiger partial charge is 0.137 e. The Morgan fingerprint density at radius 1 is 1.41 bits per heavy atom. The summed E-state index contributed by atoms with van der Waals surface area (Å²) in [6.07, 6.45) is 0. The number of likely N-dealkylation sites (N-methyl/N-ethyl adjacent to an activating group) is 1. The van der Waals surface area contributed by atoms with Crippen molar-refractivity contribution in [2.24, 2.45) is 0 Å². The van der Waals surface area contributed by atoms with Crippen LogP contribution in [0.4, 0.5) is 5.69 Å². The number of ether oxygens (including phenoxy) is 1. The van der Waals surface area contributed by atoms with Crippen molar-refractivity contribution in [1.29, 1.82) is 0 Å². The van der Waals surface area contributed by atoms with E-state index in [4.69, 9.17) is 16.3 Å². The molecule has 0 bridgehead atoms. The van der Waals surface area contributed by atoms with Gasteiger partial charge in [0.25, 0.3) is 0 Å². The minimum atomic E-state index is -0.331. The number of benzene rings is 1. The van der Waals surface area contributed by atoms with Crippen LogP contribution < -0.4 is 9.64 Å². The summed E-state index contributed by atoms with van der Waals surface area (Å²) in [6.45, 7) is 6.03. The maximum atomic E-state index is 9.39. The molecule has 1 N–H and O–H groups in total. The van der Waals surface area contributed by atoms with Crippen LogP contribution in [0, 0.1) is 6.92 Å². The highest BCUT2D eigenvalue weighted by Gasteiger charge is 2.24. The van der Waals surface area contributed by atoms with Crippen LogP contribution in [0.25, 0.3) is 0 Å². The molecule has 0 aliphatic rings. The van der Waals surface area contributed by atoms with Crippen LogP contribution in [0.1, 0.15) is 19.4 Å². The second-order valence-corrected chi connectivity index (χ2v) is 5.21. The molecule has 1 aromatic carbocycles. The minimum absolute atomic E-state index is 0.0760. The second-order valence-electron chi connectivity index (χ2n) is 4.80. The first-order valence-corrected chi connectivity index (χ1v) is 5.90. The molecule has 0 aliphatic heterocycles. The molecule has 96 valence electrons. The third kappa shape index (κ3) is 2.85. The van der Waals surface area contributed by atoms with Crippen LogP contribution in [0.5, 0.6) is 5.75 Å². The van der Waals surface area contributed by atoms with E-state index in [-0.39, 0.29) is 12.1 Å². The molecule has 0 fully saturated rings. The Labute approximate surface area is 108 Å². The average Bonchev–Trinajstić information content (AvgIpc) is 2.30. The lowest BCUT2D eigenvalue weighted by molar-refractivity contribution is 0.216. The van der Waals surface area contributed by atoms with Gasteiger partial charge in [-0.3, -0.25) is 0 Å². The summed E-state index contributed by atoms with van der Waals surface area (Å²) in [7, 11) is 3.54. The summed E-state index contributed by atoms with van der Waals surface area (Å²) in [5.41, 5.74) is 1.73. The molecule has 0 radical (unpaired) electrons. The molecule has 0 heterocycles. The first-order chi connectivity index (χ1) is 7.83. The number of rotatable bonds is 4. The lowest BCUT2D eigenvalue weighted by atomic mass is 10.0. The van der Waals surface area contributed by atoms with Gasteiger partial charge < -0.3 is 14.7 Å². The zero-order valence-corrected chi connectivity index (χ0v) is 11.8. The second kappa shape index (κ2) is 5.15. The largest absolute Gasteiger partial charge is 0.495 e. The first kappa shape index (κ1) is 14.1. The van der Waals surface area contributed by atoms with E-state index in [9.17, 15) is 5.11 Å². The highest BCUT2D eigenvalue weighted by Crippen LogP contribution is 2.34. The number of nitrogens with zero attached hydrogens (tertiary/aromatic N) is 1. The van der Waals surface area contributed by atoms with Crippen molar-refractivity contribution in [2.75, 3.05) is 25.7 Å². The van der Waals surface area contributed by atoms with Crippen molar-refractivity contribution >= 4 is 17.3 Å². The SMILES string of the molecule is COc1cc(C)c(N(C)C(C)(C)CO)cc1Cl. The van der Waals surface area contributed by atoms with E-state index >= 15 is 0 Å². The Hall–Kier alpha value is -0.930. The summed E-state index contributed by atoms with van der Waals surface area (Å²) in [5, 5.41) is 9.96. The maximum absolute atomic E-state index is 9.39. The fourth-order valence-electron chi connectivity index (χ4n) is 1.59. The molecule has 3 nitrogen and oxygen atoms in total. The van der Waals surface area contributed by atoms with E-state index in [2.05, 4.69) is 0 Å². The van der Waals surface area contributed by atoms with Gasteiger partial charge in [0.05, 0.1) is 24.3 Å². The van der Waals surface area contributed by atoms with Gasteiger partial charge in [0, 0.05) is 12.7 Å². The number of anilines is 1. The van der Waals surface area contributed by atoms with E-state index in [0.29, 0.717) is 10.8 Å². The quantitative estimate of drug-likeness (QED) is 0.900. The van der Waals surface area contributed by atoms with Crippen molar-refractivity contribution < 1.29 is 9.84 Å². The molecule has 0 saturated carbocycles. The molecule has 0 aromatic heterocycles. The van der Waals surface area contributed by atoms with Crippen LogP contribution in [0.15, 0.2) is 12.1 Å². The Bertz CT molecular complexity index is 405. The molecule has 17 heavy (non-hydrogen) atoms. The van der Waals surface area contributed by atoms with Crippen LogP contribution in [-0.4, -0.2) is 31.4 Å². The molecule has 0 saturated heterocycles. The fourth-order valence-corrected chi connectivity index (χ4v) is 1.83. The summed E-state index contributed by atoms with van der Waals surface area (Å²) in [5.74, 6) is 0.670. The number of hydrogen-bond donors (Lipinski definition) is 1. The van der Waals surface area contributed by atoms with Gasteiger partial charge in [0.1, 0.15) is 5.75 Å². The van der Waals surface area contributed by atoms with Gasteiger partial charge in [-0.25, -0.2) is 0 Å². The normalized spacial score (nSPS) is 11.5. The topological polar surface area (TPSA) is 32.7 Å². The average molecular weight is 258 g/mol. The van der Waals surface area contributed by atoms with Crippen LogP contribution in [-0.2, 0) is 0 Å². The summed E-state index contributed by atoms with van der Waals surface area (Å²) >= 11 is 6.12. The van der Waals surface area contributed by atoms with Gasteiger partial charge in [-0.2, -0.15) is 0 Å². The highest BCUT2D eigenvalue weighted by molar-refractivity contribution is 6.32. The monoisotopic (exact) mass is 257 g/mol. The lowest BCUT2D eigenvalue weighted by Crippen LogP contribution is -2.44. The van der Waals surface area contributed by atoms with Crippen LogP contribution >= 0.6 is 11.6 Å². The van der Waals surface area contributed by atoms with Gasteiger partial charge >= 0.3 is 0 Å². The standard InChI is InChI=1S/C13H20ClNO2/c1-9-6-12(17-5)10(14)7-11(9)15(4)13(2,3)8-16/h6-7,16H,8H2,1-5H3. The van der Waals surface area contributed by atoms with Crippen molar-refractivity contribution in [3.05, 3.63) is 22.7 Å². The van der Waals surface area contributed by atoms with E-state index in [1.807, 2.05) is 44.9 Å². The Balaban J connectivity index is 3.19. The van der Waals surface area contributed by atoms with Crippen molar-refractivity contribution in [3.63, 3.8) is 0 Å². The summed E-state index contributed by atoms with van der Waals surface area (Å²) < 4.78 is 5.17. The molecule has 1 rings (SSSR count). The molecule has 4 heteroatoms. The van der Waals surface area contributed by atoms with Crippen molar-refractivity contribution in [2.45, 2.75) is 26.3 Å². The van der Waals surface area contributed by atoms with Crippen molar-refractivity contribution in [3.8, 4) is 5.75 Å². The zero-order chi connectivity index (χ0) is 13.2. The Kier molecular flexibility index (Phi) is 4.28. The van der Waals surface area contributed by atoms with E-state index in [0.717, 1.165) is 11.3 Å². The third-order valence-corrected chi connectivity index (χ3v) is 3.42. The molecule has 0 aliphatic carbocycles. The van der Waals surface area contributed by atoms with E-state index in [1.54, 1.807) is 7.11 Å². The summed E-state index contributed by atoms with van der Waals surface area (Å²) in [4.78, 5) is 2.02. The Morgan fingerprint density at radius 3 is 2.47 bits per heavy atom. The predicted octanol–water partition coefficient (Wildman–Crippen LogP) is 2.86. The molecule has 0 unspecified atom stereocenters. The van der Waals surface area contributed by atoms with Crippen molar-refractivity contribution in [1.82, 2.24) is 0 Å². The van der Waals surface area contributed by atoms with Gasteiger partial charge in [-0.1, -0.05) is 11.6 Å². The number of aliphatic hydroxyl groups excluding tert-OH is 1. The van der Waals surface area contributed by atoms with E-state index < -0.39 is 0 Å². The molecule has 0 amide bonds. The van der Waals surface area contributed by atoms with Gasteiger partial charge in [0.15, 0.2) is 0 Å². The number of halogens is 1. The highest BCUT2D eigenvalue weighted by atomic mass is 35.5. The van der Waals surface area contributed by atoms with Crippen LogP contribution in [0.2, 0.25) is 5.02 Å². The zero-order valence-electron chi connectivity index (χ0n) is 11.0. The molecule has 0 spiro atoms. The molecular formula is C13H20ClNO2. The molecular weight excluding hydrogens is 238 g/mol. The molecule has 0 atom stereocenters. The maximum Gasteiger partial charge on any atom is 0.137 e. The van der Waals surface area contributed by atoms with E-state index in [1.165, 1.54) is 0 Å². The number of aliphatic hydroxyl groups is 1. The number of hydrogen-bond acceptors (Lipinski definition) is 3. The lowest BCUT2D eigenvalue weighted by Gasteiger charge is -2.37. The van der Waals surface area contributed by atoms with Gasteiger partial charge in [-0.05, 0) is 38.5 Å². The number of methoxy groups -OCH3 is 1. The minimum Gasteiger partial charge on any atom is -0.495 e. The van der Waals surface area contributed by atoms with Gasteiger partial charge in [-0.15, -0.1) is 0 Å².